The highest BCUT2D eigenvalue weighted by Gasteiger charge is 2.26. The van der Waals surface area contributed by atoms with E-state index in [0.29, 0.717) is 28.4 Å². The number of para-hydroxylation sites is 1. The van der Waals surface area contributed by atoms with Gasteiger partial charge >= 0.3 is 0 Å². The van der Waals surface area contributed by atoms with Crippen molar-refractivity contribution < 1.29 is 9.41 Å². The van der Waals surface area contributed by atoms with Gasteiger partial charge in [-0.25, -0.2) is 0 Å². The fourth-order valence-electron chi connectivity index (χ4n) is 2.20. The summed E-state index contributed by atoms with van der Waals surface area (Å²) >= 11 is 11.7. The Labute approximate surface area is 123 Å². The third-order valence-electron chi connectivity index (χ3n) is 3.30. The van der Waals surface area contributed by atoms with Crippen LogP contribution in [0.3, 0.4) is 0 Å². The second-order valence-corrected chi connectivity index (χ2v) is 5.70. The maximum Gasteiger partial charge on any atom is 0.281 e. The van der Waals surface area contributed by atoms with Gasteiger partial charge in [0.1, 0.15) is 6.54 Å². The summed E-state index contributed by atoms with van der Waals surface area (Å²) in [6.45, 7) is 3.80. The molecule has 106 valence electrons. The van der Waals surface area contributed by atoms with E-state index in [9.17, 15) is 10.1 Å². The van der Waals surface area contributed by atoms with Crippen LogP contribution in [0.15, 0.2) is 18.2 Å². The second-order valence-electron chi connectivity index (χ2n) is 4.94. The third kappa shape index (κ3) is 4.34. The van der Waals surface area contributed by atoms with E-state index in [1.807, 2.05) is 19.2 Å². The zero-order valence-electron chi connectivity index (χ0n) is 11.2. The lowest BCUT2D eigenvalue weighted by molar-refractivity contribution is -0.918. The van der Waals surface area contributed by atoms with Gasteiger partial charge in [0.2, 0.25) is 0 Å². The predicted molar refractivity (Wildman–Crippen MR) is 78.9 cm³/mol. The van der Waals surface area contributed by atoms with Gasteiger partial charge in [0.15, 0.2) is 0 Å². The van der Waals surface area contributed by atoms with E-state index in [1.54, 1.807) is 13.0 Å². The number of halogens is 2. The van der Waals surface area contributed by atoms with Gasteiger partial charge in [-0.1, -0.05) is 12.1 Å². The maximum atomic E-state index is 11.2. The summed E-state index contributed by atoms with van der Waals surface area (Å²) in [5, 5.41) is 11.2. The lowest BCUT2D eigenvalue weighted by Crippen LogP contribution is -2.46. The topological polar surface area (TPSA) is 43.1 Å². The maximum absolute atomic E-state index is 11.2. The number of aryl methyl sites for hydroxylation is 1. The van der Waals surface area contributed by atoms with Crippen LogP contribution in [-0.2, 0) is 6.54 Å². The molecule has 0 heterocycles. The monoisotopic (exact) mass is 305 g/mol. The lowest BCUT2D eigenvalue weighted by atomic mass is 10.1. The van der Waals surface area contributed by atoms with Gasteiger partial charge in [0.25, 0.3) is 5.69 Å². The van der Waals surface area contributed by atoms with E-state index in [2.05, 4.69) is 0 Å². The minimum atomic E-state index is -0.309. The Bertz CT molecular complexity index is 446. The molecule has 0 N–H and O–H groups in total. The summed E-state index contributed by atoms with van der Waals surface area (Å²) in [4.78, 5) is 10.9. The van der Waals surface area contributed by atoms with E-state index in [-0.39, 0.29) is 10.6 Å². The van der Waals surface area contributed by atoms with Crippen molar-refractivity contribution in [2.45, 2.75) is 13.5 Å². The van der Waals surface area contributed by atoms with E-state index >= 15 is 0 Å². The van der Waals surface area contributed by atoms with Crippen molar-refractivity contribution in [1.29, 1.82) is 0 Å². The summed E-state index contributed by atoms with van der Waals surface area (Å²) in [5.74, 6) is 1.01. The number of nitro groups is 1. The number of hydrogen-bond donors (Lipinski definition) is 0. The van der Waals surface area contributed by atoms with E-state index in [1.165, 1.54) is 0 Å². The largest absolute Gasteiger partial charge is 0.320 e. The van der Waals surface area contributed by atoms with Crippen LogP contribution in [0.4, 0.5) is 5.69 Å². The van der Waals surface area contributed by atoms with Crippen LogP contribution in [0.25, 0.3) is 0 Å². The van der Waals surface area contributed by atoms with Crippen molar-refractivity contribution in [3.8, 4) is 0 Å². The summed E-state index contributed by atoms with van der Waals surface area (Å²) < 4.78 is 0.608. The first-order chi connectivity index (χ1) is 8.93. The number of quaternary nitrogens is 1. The van der Waals surface area contributed by atoms with Crippen molar-refractivity contribution in [3.63, 3.8) is 0 Å². The number of rotatable bonds is 7. The quantitative estimate of drug-likeness (QED) is 0.336. The molecule has 1 rings (SSSR count). The fourth-order valence-corrected chi connectivity index (χ4v) is 3.01. The number of alkyl halides is 2. The first kappa shape index (κ1) is 16.2. The average Bonchev–Trinajstić information content (AvgIpc) is 2.28. The van der Waals surface area contributed by atoms with E-state index in [4.69, 9.17) is 23.2 Å². The smallest absolute Gasteiger partial charge is 0.281 e. The first-order valence-corrected chi connectivity index (χ1v) is 7.19. The van der Waals surface area contributed by atoms with Crippen molar-refractivity contribution in [2.75, 3.05) is 31.9 Å². The van der Waals surface area contributed by atoms with Crippen LogP contribution < -0.4 is 0 Å². The SMILES string of the molecule is Cc1cccc(C[N+](C)(CCCl)CCCl)c1[N+](=O)[O-]. The van der Waals surface area contributed by atoms with Crippen LogP contribution >= 0.6 is 23.2 Å². The van der Waals surface area contributed by atoms with E-state index in [0.717, 1.165) is 18.7 Å². The Morgan fingerprint density at radius 1 is 1.26 bits per heavy atom. The molecular weight excluding hydrogens is 287 g/mol. The molecule has 0 atom stereocenters. The van der Waals surface area contributed by atoms with Crippen LogP contribution in [0, 0.1) is 17.0 Å². The van der Waals surface area contributed by atoms with Crippen LogP contribution in [0.2, 0.25) is 0 Å². The lowest BCUT2D eigenvalue weighted by Gasteiger charge is -2.33. The van der Waals surface area contributed by atoms with Gasteiger partial charge in [-0.3, -0.25) is 10.1 Å². The van der Waals surface area contributed by atoms with Crippen molar-refractivity contribution in [2.24, 2.45) is 0 Å². The molecule has 0 aromatic heterocycles. The Kier molecular flexibility index (Phi) is 6.04. The summed E-state index contributed by atoms with van der Waals surface area (Å²) in [5.41, 5.74) is 1.63. The van der Waals surface area contributed by atoms with Crippen LogP contribution in [0.1, 0.15) is 11.1 Å². The molecule has 0 radical (unpaired) electrons. The fraction of sp³-hybridized carbons (Fsp3) is 0.538. The molecule has 0 unspecified atom stereocenters. The average molecular weight is 306 g/mol. The minimum Gasteiger partial charge on any atom is -0.320 e. The highest BCUT2D eigenvalue weighted by atomic mass is 35.5. The van der Waals surface area contributed by atoms with E-state index < -0.39 is 0 Å². The first-order valence-electron chi connectivity index (χ1n) is 6.12. The Balaban J connectivity index is 3.09. The van der Waals surface area contributed by atoms with Gasteiger partial charge in [-0.15, -0.1) is 23.2 Å². The molecule has 0 saturated carbocycles. The van der Waals surface area contributed by atoms with Gasteiger partial charge < -0.3 is 4.48 Å². The van der Waals surface area contributed by atoms with Crippen LogP contribution in [-0.4, -0.2) is 41.3 Å². The standard InChI is InChI=1S/C13H19Cl2N2O2/c1-11-4-3-5-12(13(11)16(18)19)10-17(2,8-6-14)9-7-15/h3-5H,6-10H2,1-2H3/q+1. The minimum absolute atomic E-state index is 0.205. The number of benzene rings is 1. The molecule has 19 heavy (non-hydrogen) atoms. The Morgan fingerprint density at radius 3 is 2.32 bits per heavy atom. The zero-order chi connectivity index (χ0) is 14.5. The summed E-state index contributed by atoms with van der Waals surface area (Å²) in [6.07, 6.45) is 0. The molecule has 1 aromatic carbocycles. The molecule has 0 amide bonds. The molecular formula is C13H19Cl2N2O2+. The molecule has 1 aromatic rings. The molecule has 0 aliphatic carbocycles. The van der Waals surface area contributed by atoms with Gasteiger partial charge in [0, 0.05) is 5.56 Å². The molecule has 0 fully saturated rings. The number of nitrogens with zero attached hydrogens (tertiary/aromatic N) is 2. The van der Waals surface area contributed by atoms with Gasteiger partial charge in [0.05, 0.1) is 42.4 Å². The van der Waals surface area contributed by atoms with Crippen molar-refractivity contribution in [3.05, 3.63) is 39.4 Å². The van der Waals surface area contributed by atoms with Gasteiger partial charge in [-0.2, -0.15) is 0 Å². The molecule has 0 aliphatic rings. The molecule has 0 aliphatic heterocycles. The predicted octanol–water partition coefficient (Wildman–Crippen LogP) is 3.33. The molecule has 6 heteroatoms. The third-order valence-corrected chi connectivity index (χ3v) is 3.64. The van der Waals surface area contributed by atoms with Crippen molar-refractivity contribution in [1.82, 2.24) is 0 Å². The molecule has 0 saturated heterocycles. The zero-order valence-corrected chi connectivity index (χ0v) is 12.7. The van der Waals surface area contributed by atoms with Crippen LogP contribution in [0.5, 0.6) is 0 Å². The number of hydrogen-bond acceptors (Lipinski definition) is 2. The second kappa shape index (κ2) is 7.08. The molecule has 0 spiro atoms. The number of nitro benzene ring substituents is 1. The Hall–Kier alpha value is -0.840. The summed E-state index contributed by atoms with van der Waals surface area (Å²) in [7, 11) is 2.02. The highest BCUT2D eigenvalue weighted by Crippen LogP contribution is 2.26. The summed E-state index contributed by atoms with van der Waals surface area (Å²) in [6, 6.07) is 5.42. The normalized spacial score (nSPS) is 11.6. The molecule has 0 bridgehead atoms. The molecule has 4 nitrogen and oxygen atoms in total. The highest BCUT2D eigenvalue weighted by molar-refractivity contribution is 6.18. The Morgan fingerprint density at radius 2 is 1.84 bits per heavy atom. The van der Waals surface area contributed by atoms with Crippen molar-refractivity contribution >= 4 is 28.9 Å². The van der Waals surface area contributed by atoms with Gasteiger partial charge in [-0.05, 0) is 13.0 Å².